The number of benzene rings is 1. The van der Waals surface area contributed by atoms with Gasteiger partial charge in [-0.2, -0.15) is 9.78 Å². The molecule has 4 rings (SSSR count). The third-order valence-electron chi connectivity index (χ3n) is 4.49. The van der Waals surface area contributed by atoms with Gasteiger partial charge in [-0.25, -0.2) is 19.6 Å². The average Bonchev–Trinajstić information content (AvgIpc) is 3.15. The van der Waals surface area contributed by atoms with E-state index in [0.717, 1.165) is 0 Å². The molecule has 4 aromatic rings. The van der Waals surface area contributed by atoms with E-state index in [1.165, 1.54) is 18.5 Å². The molecule has 0 spiro atoms. The first-order valence-electron chi connectivity index (χ1n) is 9.13. The van der Waals surface area contributed by atoms with Crippen LogP contribution in [0.1, 0.15) is 30.4 Å². The summed E-state index contributed by atoms with van der Waals surface area (Å²) in [5.41, 5.74) is -2.27. The van der Waals surface area contributed by atoms with Crippen LogP contribution in [-0.4, -0.2) is 40.4 Å². The minimum Gasteiger partial charge on any atom is -0.476 e. The van der Waals surface area contributed by atoms with Crippen LogP contribution in [0.2, 0.25) is 10.0 Å². The van der Waals surface area contributed by atoms with E-state index in [4.69, 9.17) is 33.0 Å². The van der Waals surface area contributed by atoms with Crippen molar-refractivity contribution < 1.29 is 14.6 Å². The molecule has 0 aliphatic rings. The van der Waals surface area contributed by atoms with Crippen molar-refractivity contribution in [3.8, 4) is 17.3 Å². The van der Waals surface area contributed by atoms with Gasteiger partial charge in [-0.3, -0.25) is 9.78 Å². The fraction of sp³-hybridized carbons (Fsp3) is 0.158. The Morgan fingerprint density at radius 2 is 1.88 bits per heavy atom. The van der Waals surface area contributed by atoms with Gasteiger partial charge in [-0.15, -0.1) is 0 Å². The van der Waals surface area contributed by atoms with Gasteiger partial charge in [-0.05, 0) is 32.0 Å². The number of nitrogens with one attached hydrogen (secondary N) is 1. The summed E-state index contributed by atoms with van der Waals surface area (Å²) < 4.78 is 8.47. The second-order valence-corrected chi connectivity index (χ2v) is 7.71. The number of fused-ring (bicyclic) bond motifs is 1. The summed E-state index contributed by atoms with van der Waals surface area (Å²) in [6.45, 7) is 4.02. The smallest absolute Gasteiger partial charge is 0.362 e. The van der Waals surface area contributed by atoms with Crippen LogP contribution in [0.3, 0.4) is 0 Å². The summed E-state index contributed by atoms with van der Waals surface area (Å²) in [4.78, 5) is 45.2. The maximum Gasteiger partial charge on any atom is 0.362 e. The molecule has 1 aromatic carbocycles. The van der Waals surface area contributed by atoms with Gasteiger partial charge in [0, 0.05) is 12.2 Å². The lowest BCUT2D eigenvalue weighted by Crippen LogP contribution is -2.35. The van der Waals surface area contributed by atoms with Crippen molar-refractivity contribution in [2.45, 2.75) is 19.9 Å². The molecule has 0 fully saturated rings. The van der Waals surface area contributed by atoms with Gasteiger partial charge < -0.3 is 14.4 Å². The number of rotatable bonds is 5. The van der Waals surface area contributed by atoms with E-state index in [-0.39, 0.29) is 33.4 Å². The van der Waals surface area contributed by atoms with Gasteiger partial charge in [0.25, 0.3) is 5.56 Å². The van der Waals surface area contributed by atoms with Gasteiger partial charge in [0.05, 0.1) is 21.1 Å². The minimum atomic E-state index is -1.60. The fourth-order valence-electron chi connectivity index (χ4n) is 3.02. The minimum absolute atomic E-state index is 0.000621. The zero-order chi connectivity index (χ0) is 23.2. The van der Waals surface area contributed by atoms with E-state index < -0.39 is 22.9 Å². The zero-order valence-electron chi connectivity index (χ0n) is 16.5. The number of aromatic carboxylic acids is 1. The van der Waals surface area contributed by atoms with Crippen LogP contribution in [0.5, 0.6) is 11.6 Å². The van der Waals surface area contributed by atoms with Crippen molar-refractivity contribution >= 4 is 40.2 Å². The van der Waals surface area contributed by atoms with E-state index in [9.17, 15) is 14.4 Å². The Balaban J connectivity index is 1.78. The number of hydrogen-bond donors (Lipinski definition) is 2. The number of aromatic amines is 1. The predicted molar refractivity (Wildman–Crippen MR) is 115 cm³/mol. The van der Waals surface area contributed by atoms with Crippen LogP contribution in [0.15, 0.2) is 40.3 Å². The number of halogens is 2. The summed E-state index contributed by atoms with van der Waals surface area (Å²) in [6.07, 6.45) is 3.21. The zero-order valence-corrected chi connectivity index (χ0v) is 18.0. The number of ether oxygens (including phenoxy) is 1. The summed E-state index contributed by atoms with van der Waals surface area (Å²) in [6, 6.07) is 4.55. The highest BCUT2D eigenvalue weighted by atomic mass is 35.5. The Hall–Kier alpha value is -3.70. The fourth-order valence-corrected chi connectivity index (χ4v) is 3.58. The molecule has 0 bridgehead atoms. The largest absolute Gasteiger partial charge is 0.476 e. The Morgan fingerprint density at radius 3 is 2.50 bits per heavy atom. The van der Waals surface area contributed by atoms with E-state index >= 15 is 0 Å². The quantitative estimate of drug-likeness (QED) is 0.446. The number of carbonyl (C=O) groups is 1. The normalized spacial score (nSPS) is 11.3. The van der Waals surface area contributed by atoms with Crippen molar-refractivity contribution in [2.75, 3.05) is 0 Å². The molecule has 11 nitrogen and oxygen atoms in total. The number of aromatic nitrogens is 6. The molecule has 3 aromatic heterocycles. The lowest BCUT2D eigenvalue weighted by molar-refractivity contribution is 0.0685. The monoisotopic (exact) mass is 476 g/mol. The lowest BCUT2D eigenvalue weighted by atomic mass is 10.3. The Bertz CT molecular complexity index is 1470. The van der Waals surface area contributed by atoms with E-state index in [1.807, 2.05) is 29.6 Å². The van der Waals surface area contributed by atoms with Crippen LogP contribution < -0.4 is 16.0 Å². The average molecular weight is 477 g/mol. The molecule has 32 heavy (non-hydrogen) atoms. The van der Waals surface area contributed by atoms with Crippen molar-refractivity contribution in [3.63, 3.8) is 0 Å². The molecule has 13 heteroatoms. The molecule has 2 N–H and O–H groups in total. The number of hydrogen-bond acceptors (Lipinski definition) is 7. The SMILES string of the molecule is CC(C)n1ccc2c(Oc3c(Cl)cc(-n4nc(C(=O)O)c(=O)[nH]c4=O)cc3Cl)ncnc21. The molecule has 0 saturated carbocycles. The highest BCUT2D eigenvalue weighted by molar-refractivity contribution is 6.37. The molecule has 0 atom stereocenters. The highest BCUT2D eigenvalue weighted by Gasteiger charge is 2.19. The van der Waals surface area contributed by atoms with Gasteiger partial charge in [0.15, 0.2) is 5.75 Å². The molecule has 0 aliphatic carbocycles. The molecule has 0 saturated heterocycles. The molecular formula is C19H14Cl2N6O5. The number of H-pyrrole nitrogens is 1. The standard InChI is InChI=1S/C19H14Cl2N6O5/c1-8(2)26-4-3-10-15(26)22-7-23-17(10)32-14-11(20)5-9(6-12(14)21)27-19(31)24-16(28)13(25-27)18(29)30/h3-8H,1-2H3,(H,29,30)(H,24,28,31). The first-order valence-corrected chi connectivity index (χ1v) is 9.88. The van der Waals surface area contributed by atoms with Crippen LogP contribution >= 0.6 is 23.2 Å². The van der Waals surface area contributed by atoms with E-state index in [1.54, 1.807) is 6.07 Å². The first-order chi connectivity index (χ1) is 15.2. The van der Waals surface area contributed by atoms with Gasteiger partial charge in [0.1, 0.15) is 12.0 Å². The Labute approximate surface area is 188 Å². The molecule has 3 heterocycles. The van der Waals surface area contributed by atoms with Crippen molar-refractivity contribution in [3.05, 3.63) is 67.3 Å². The molecule has 0 radical (unpaired) electrons. The third-order valence-corrected chi connectivity index (χ3v) is 5.05. The topological polar surface area (TPSA) is 145 Å². The lowest BCUT2D eigenvalue weighted by Gasteiger charge is -2.13. The summed E-state index contributed by atoms with van der Waals surface area (Å²) in [7, 11) is 0. The summed E-state index contributed by atoms with van der Waals surface area (Å²) in [5.74, 6) is -1.32. The predicted octanol–water partition coefficient (Wildman–Crippen LogP) is 3.04. The van der Waals surface area contributed by atoms with E-state index in [0.29, 0.717) is 15.7 Å². The third kappa shape index (κ3) is 3.72. The molecule has 164 valence electrons. The first kappa shape index (κ1) is 21.5. The second-order valence-electron chi connectivity index (χ2n) is 6.90. The second kappa shape index (κ2) is 8.09. The van der Waals surface area contributed by atoms with Crippen LogP contribution in [0.4, 0.5) is 0 Å². The van der Waals surface area contributed by atoms with Crippen molar-refractivity contribution in [1.29, 1.82) is 0 Å². The summed E-state index contributed by atoms with van der Waals surface area (Å²) in [5, 5.41) is 13.3. The van der Waals surface area contributed by atoms with Gasteiger partial charge in [0.2, 0.25) is 11.6 Å². The maximum absolute atomic E-state index is 12.1. The number of nitrogens with zero attached hydrogens (tertiary/aromatic N) is 5. The van der Waals surface area contributed by atoms with Gasteiger partial charge >= 0.3 is 11.7 Å². The number of carboxylic acid groups (broad SMARTS) is 1. The Morgan fingerprint density at radius 1 is 1.19 bits per heavy atom. The van der Waals surface area contributed by atoms with Crippen LogP contribution in [0, 0.1) is 0 Å². The van der Waals surface area contributed by atoms with Gasteiger partial charge in [-0.1, -0.05) is 23.2 Å². The molecule has 0 amide bonds. The molecular weight excluding hydrogens is 463 g/mol. The van der Waals surface area contributed by atoms with Crippen LogP contribution in [-0.2, 0) is 0 Å². The van der Waals surface area contributed by atoms with E-state index in [2.05, 4.69) is 15.1 Å². The number of carboxylic acids is 1. The highest BCUT2D eigenvalue weighted by Crippen LogP contribution is 2.39. The Kier molecular flexibility index (Phi) is 5.45. The van der Waals surface area contributed by atoms with Crippen molar-refractivity contribution in [1.82, 2.24) is 29.3 Å². The molecule has 0 unspecified atom stereocenters. The van der Waals surface area contributed by atoms with Crippen molar-refractivity contribution in [2.24, 2.45) is 0 Å². The van der Waals surface area contributed by atoms with Crippen LogP contribution in [0.25, 0.3) is 16.7 Å². The maximum atomic E-state index is 12.1. The summed E-state index contributed by atoms with van der Waals surface area (Å²) >= 11 is 12.7. The molecule has 0 aliphatic heterocycles.